The van der Waals surface area contributed by atoms with Crippen LogP contribution in [0.1, 0.15) is 21.5 Å². The fourth-order valence-electron chi connectivity index (χ4n) is 4.10. The fraction of sp³-hybridized carbons (Fsp3) is 0.214. The number of pyridine rings is 1. The average Bonchev–Trinajstić information content (AvgIpc) is 2.94. The Balaban J connectivity index is 1.52. The molecule has 0 spiro atoms. The molecule has 2 heterocycles. The number of carbonyl (C=O) groups is 2. The van der Waals surface area contributed by atoms with Crippen LogP contribution in [0.2, 0.25) is 0 Å². The van der Waals surface area contributed by atoms with E-state index in [1.165, 1.54) is 12.3 Å². The number of hydrogen-bond donors (Lipinski definition) is 4. The number of nitrogens with two attached hydrogens (primary N) is 2. The average molecular weight is 500 g/mol. The van der Waals surface area contributed by atoms with Crippen molar-refractivity contribution in [3.8, 4) is 11.3 Å². The van der Waals surface area contributed by atoms with E-state index in [0.717, 1.165) is 11.1 Å². The van der Waals surface area contributed by atoms with E-state index in [9.17, 15) is 9.59 Å². The van der Waals surface area contributed by atoms with Crippen molar-refractivity contribution < 1.29 is 19.7 Å². The number of rotatable bonds is 9. The summed E-state index contributed by atoms with van der Waals surface area (Å²) in [5.41, 5.74) is 11.0. The van der Waals surface area contributed by atoms with E-state index < -0.39 is 0 Å². The Labute approximate surface area is 215 Å². The molecule has 0 unspecified atom stereocenters. The molecule has 190 valence electrons. The summed E-state index contributed by atoms with van der Waals surface area (Å²) in [7, 11) is 0. The van der Waals surface area contributed by atoms with Gasteiger partial charge < -0.3 is 26.0 Å². The van der Waals surface area contributed by atoms with E-state index >= 15 is 0 Å². The van der Waals surface area contributed by atoms with Gasteiger partial charge in [-0.25, -0.2) is 4.98 Å². The topological polar surface area (TPSA) is 135 Å². The van der Waals surface area contributed by atoms with Gasteiger partial charge in [-0.2, -0.15) is 0 Å². The Bertz CT molecular complexity index is 1300. The number of aromatic nitrogens is 1. The third-order valence-electron chi connectivity index (χ3n) is 6.10. The summed E-state index contributed by atoms with van der Waals surface area (Å²) in [5.74, 6) is 0.242. The van der Waals surface area contributed by atoms with Crippen molar-refractivity contribution in [2.24, 2.45) is 0 Å². The molecule has 0 saturated carbocycles. The zero-order valence-corrected chi connectivity index (χ0v) is 20.6. The molecule has 0 bridgehead atoms. The fourth-order valence-corrected chi connectivity index (χ4v) is 4.10. The van der Waals surface area contributed by atoms with Gasteiger partial charge in [-0.3, -0.25) is 15.0 Å². The van der Waals surface area contributed by atoms with Gasteiger partial charge in [-0.05, 0) is 48.4 Å². The number of amides is 2. The highest BCUT2D eigenvalue weighted by Crippen LogP contribution is 2.28. The molecular formula is C28H31N6O3+. The summed E-state index contributed by atoms with van der Waals surface area (Å²) >= 11 is 0. The predicted molar refractivity (Wildman–Crippen MR) is 146 cm³/mol. The summed E-state index contributed by atoms with van der Waals surface area (Å²) in [5, 5.41) is 11.6. The standard InChI is InChI=1S/C28H30N6O3/c1-2-27(35)32-21-8-6-19(7-9-21)10-11-31-28(36)20-16-25(22-4-3-5-24(30)23(22)18-29)33-26(17-20)34-12-14-37-15-13-34/h2-9,16-18,29H,1,10-15,30H2,(H,31,36)(H,32,35)/p+1. The number of benzene rings is 2. The SMILES string of the molecule is C=CC(=O)Nc1ccc(CCNC(=O)c2cc(-c3cccc(N)c3C=[NH2+])nc(N3CCOCC3)c2)cc1. The Morgan fingerprint density at radius 2 is 1.89 bits per heavy atom. The molecular weight excluding hydrogens is 468 g/mol. The molecule has 9 heteroatoms. The monoisotopic (exact) mass is 499 g/mol. The smallest absolute Gasteiger partial charge is 0.251 e. The van der Waals surface area contributed by atoms with Crippen LogP contribution in [-0.2, 0) is 16.0 Å². The van der Waals surface area contributed by atoms with Crippen LogP contribution in [-0.4, -0.2) is 55.9 Å². The summed E-state index contributed by atoms with van der Waals surface area (Å²) in [6.07, 6.45) is 3.32. The maximum absolute atomic E-state index is 13.2. The largest absolute Gasteiger partial charge is 0.398 e. The van der Waals surface area contributed by atoms with Gasteiger partial charge in [-0.15, -0.1) is 0 Å². The minimum Gasteiger partial charge on any atom is -0.398 e. The minimum absolute atomic E-state index is 0.199. The first kappa shape index (κ1) is 25.6. The third kappa shape index (κ3) is 6.39. The van der Waals surface area contributed by atoms with Gasteiger partial charge in [0.25, 0.3) is 5.91 Å². The molecule has 1 aliphatic heterocycles. The van der Waals surface area contributed by atoms with Crippen LogP contribution in [0.5, 0.6) is 0 Å². The molecule has 6 N–H and O–H groups in total. The molecule has 2 aromatic carbocycles. The number of morpholine rings is 1. The predicted octanol–water partition coefficient (Wildman–Crippen LogP) is 1.44. The van der Waals surface area contributed by atoms with Crippen LogP contribution < -0.4 is 26.7 Å². The van der Waals surface area contributed by atoms with E-state index in [-0.39, 0.29) is 11.8 Å². The van der Waals surface area contributed by atoms with Crippen molar-refractivity contribution in [3.63, 3.8) is 0 Å². The summed E-state index contributed by atoms with van der Waals surface area (Å²) in [4.78, 5) is 31.6. The van der Waals surface area contributed by atoms with Gasteiger partial charge >= 0.3 is 0 Å². The second kappa shape index (κ2) is 12.0. The van der Waals surface area contributed by atoms with E-state index in [0.29, 0.717) is 73.3 Å². The molecule has 1 saturated heterocycles. The zero-order valence-electron chi connectivity index (χ0n) is 20.6. The number of carbonyl (C=O) groups excluding carboxylic acids is 2. The summed E-state index contributed by atoms with van der Waals surface area (Å²) < 4.78 is 5.48. The molecule has 1 fully saturated rings. The van der Waals surface area contributed by atoms with Crippen molar-refractivity contribution in [3.05, 3.63) is 83.9 Å². The lowest BCUT2D eigenvalue weighted by Gasteiger charge is -2.28. The number of nitrogen functional groups attached to an aromatic ring is 1. The van der Waals surface area contributed by atoms with E-state index in [2.05, 4.69) is 22.1 Å². The van der Waals surface area contributed by atoms with Crippen molar-refractivity contribution in [2.75, 3.05) is 48.8 Å². The summed E-state index contributed by atoms with van der Waals surface area (Å²) in [6.45, 7) is 6.47. The second-order valence-corrected chi connectivity index (χ2v) is 8.57. The molecule has 9 nitrogen and oxygen atoms in total. The van der Waals surface area contributed by atoms with Gasteiger partial charge in [0.1, 0.15) is 5.82 Å². The lowest BCUT2D eigenvalue weighted by Crippen LogP contribution is -2.37. The first-order valence-electron chi connectivity index (χ1n) is 12.1. The molecule has 3 aromatic rings. The highest BCUT2D eigenvalue weighted by molar-refractivity contribution is 5.99. The lowest BCUT2D eigenvalue weighted by molar-refractivity contribution is -0.112. The van der Waals surface area contributed by atoms with Crippen LogP contribution in [0.25, 0.3) is 11.3 Å². The maximum atomic E-state index is 13.2. The first-order valence-corrected chi connectivity index (χ1v) is 12.1. The molecule has 37 heavy (non-hydrogen) atoms. The van der Waals surface area contributed by atoms with Crippen molar-refractivity contribution in [1.82, 2.24) is 10.3 Å². The highest BCUT2D eigenvalue weighted by atomic mass is 16.5. The molecule has 1 aliphatic rings. The number of nitrogens with zero attached hydrogens (tertiary/aromatic N) is 2. The van der Waals surface area contributed by atoms with Crippen LogP contribution in [0.15, 0.2) is 67.3 Å². The molecule has 1 aromatic heterocycles. The zero-order chi connectivity index (χ0) is 26.2. The van der Waals surface area contributed by atoms with E-state index in [4.69, 9.17) is 20.9 Å². The Kier molecular flexibility index (Phi) is 8.27. The molecule has 4 rings (SSSR count). The lowest BCUT2D eigenvalue weighted by atomic mass is 10.0. The number of nitrogens with one attached hydrogen (secondary N) is 2. The van der Waals surface area contributed by atoms with Gasteiger partial charge in [0.05, 0.1) is 24.5 Å². The Morgan fingerprint density at radius 1 is 1.14 bits per heavy atom. The highest BCUT2D eigenvalue weighted by Gasteiger charge is 2.19. The maximum Gasteiger partial charge on any atom is 0.251 e. The van der Waals surface area contributed by atoms with Crippen LogP contribution >= 0.6 is 0 Å². The van der Waals surface area contributed by atoms with Crippen LogP contribution in [0.3, 0.4) is 0 Å². The molecule has 0 aliphatic carbocycles. The quantitative estimate of drug-likeness (QED) is 0.200. The number of hydrogen-bond acceptors (Lipinski definition) is 6. The normalized spacial score (nSPS) is 13.0. The van der Waals surface area contributed by atoms with Gasteiger partial charge in [0, 0.05) is 42.1 Å². The van der Waals surface area contributed by atoms with Crippen molar-refractivity contribution >= 4 is 35.2 Å². The van der Waals surface area contributed by atoms with Crippen LogP contribution in [0.4, 0.5) is 17.2 Å². The van der Waals surface area contributed by atoms with Gasteiger partial charge in [0.15, 0.2) is 6.21 Å². The van der Waals surface area contributed by atoms with Crippen molar-refractivity contribution in [1.29, 1.82) is 0 Å². The van der Waals surface area contributed by atoms with Gasteiger partial charge in [0.2, 0.25) is 5.91 Å². The van der Waals surface area contributed by atoms with E-state index in [1.807, 2.05) is 36.4 Å². The van der Waals surface area contributed by atoms with Gasteiger partial charge in [-0.1, -0.05) is 30.8 Å². The van der Waals surface area contributed by atoms with Crippen molar-refractivity contribution in [2.45, 2.75) is 6.42 Å². The number of anilines is 3. The minimum atomic E-state index is -0.261. The van der Waals surface area contributed by atoms with Crippen LogP contribution in [0, 0.1) is 0 Å². The molecule has 2 amide bonds. The van der Waals surface area contributed by atoms with E-state index in [1.54, 1.807) is 18.2 Å². The Hall–Kier alpha value is -4.50. The third-order valence-corrected chi connectivity index (χ3v) is 6.10. The Morgan fingerprint density at radius 3 is 2.59 bits per heavy atom. The molecule has 0 radical (unpaired) electrons. The number of ether oxygens (including phenoxy) is 1. The summed E-state index contributed by atoms with van der Waals surface area (Å²) in [6, 6.07) is 16.5. The second-order valence-electron chi connectivity index (χ2n) is 8.57. The molecule has 0 atom stereocenters. The first-order chi connectivity index (χ1) is 18.0.